The molecule has 0 radical (unpaired) electrons. The topological polar surface area (TPSA) is 66.4 Å². The minimum Gasteiger partial charge on any atom is -0.392 e. The lowest BCUT2D eigenvalue weighted by molar-refractivity contribution is 0.198. The Balaban J connectivity index is 2.93. The SMILES string of the molecule is CCC(C)(C)c1ccc(S(=O)(=O)NCC(C)O)cc1. The van der Waals surface area contributed by atoms with Gasteiger partial charge in [-0.3, -0.25) is 0 Å². The molecule has 108 valence electrons. The minimum absolute atomic E-state index is 0.0184. The second-order valence-electron chi connectivity index (χ2n) is 5.46. The van der Waals surface area contributed by atoms with Crippen LogP contribution in [0.4, 0.5) is 0 Å². The van der Waals surface area contributed by atoms with Gasteiger partial charge in [0.05, 0.1) is 11.0 Å². The van der Waals surface area contributed by atoms with Gasteiger partial charge in [0.2, 0.25) is 10.0 Å². The Morgan fingerprint density at radius 2 is 1.79 bits per heavy atom. The van der Waals surface area contributed by atoms with Crippen molar-refractivity contribution in [1.29, 1.82) is 0 Å². The maximum Gasteiger partial charge on any atom is 0.240 e. The molecule has 0 aliphatic carbocycles. The lowest BCUT2D eigenvalue weighted by Gasteiger charge is -2.23. The predicted octanol–water partition coefficient (Wildman–Crippen LogP) is 2.03. The van der Waals surface area contributed by atoms with E-state index in [1.165, 1.54) is 6.92 Å². The molecule has 0 saturated carbocycles. The summed E-state index contributed by atoms with van der Waals surface area (Å²) in [5.74, 6) is 0. The maximum absolute atomic E-state index is 11.9. The lowest BCUT2D eigenvalue weighted by Crippen LogP contribution is -2.30. The number of sulfonamides is 1. The van der Waals surface area contributed by atoms with Crippen molar-refractivity contribution < 1.29 is 13.5 Å². The highest BCUT2D eigenvalue weighted by Gasteiger charge is 2.20. The Morgan fingerprint density at radius 3 is 2.21 bits per heavy atom. The van der Waals surface area contributed by atoms with Crippen molar-refractivity contribution in [1.82, 2.24) is 4.72 Å². The number of aliphatic hydroxyl groups is 1. The van der Waals surface area contributed by atoms with Gasteiger partial charge in [-0.25, -0.2) is 13.1 Å². The second-order valence-corrected chi connectivity index (χ2v) is 7.23. The zero-order valence-electron chi connectivity index (χ0n) is 12.0. The molecule has 5 heteroatoms. The molecular formula is C14H23NO3S. The quantitative estimate of drug-likeness (QED) is 0.840. The van der Waals surface area contributed by atoms with E-state index < -0.39 is 16.1 Å². The normalized spacial score (nSPS) is 14.4. The Bertz CT molecular complexity index is 504. The number of benzene rings is 1. The van der Waals surface area contributed by atoms with Crippen LogP contribution in [-0.4, -0.2) is 26.2 Å². The minimum atomic E-state index is -3.53. The molecule has 0 saturated heterocycles. The van der Waals surface area contributed by atoms with Gasteiger partial charge in [-0.05, 0) is 36.5 Å². The maximum atomic E-state index is 11.9. The van der Waals surface area contributed by atoms with E-state index >= 15 is 0 Å². The molecule has 2 N–H and O–H groups in total. The number of hydrogen-bond donors (Lipinski definition) is 2. The molecule has 4 nitrogen and oxygen atoms in total. The summed E-state index contributed by atoms with van der Waals surface area (Å²) in [6.07, 6.45) is 0.285. The van der Waals surface area contributed by atoms with Crippen LogP contribution in [-0.2, 0) is 15.4 Å². The zero-order chi connectivity index (χ0) is 14.7. The number of rotatable bonds is 6. The summed E-state index contributed by atoms with van der Waals surface area (Å²) in [7, 11) is -3.53. The molecule has 0 fully saturated rings. The highest BCUT2D eigenvalue weighted by molar-refractivity contribution is 7.89. The van der Waals surface area contributed by atoms with Crippen molar-refractivity contribution in [2.45, 2.75) is 50.5 Å². The van der Waals surface area contributed by atoms with Crippen molar-refractivity contribution in [3.05, 3.63) is 29.8 Å². The number of nitrogens with one attached hydrogen (secondary N) is 1. The highest BCUT2D eigenvalue weighted by Crippen LogP contribution is 2.27. The zero-order valence-corrected chi connectivity index (χ0v) is 12.8. The van der Waals surface area contributed by atoms with Gasteiger partial charge in [-0.2, -0.15) is 0 Å². The van der Waals surface area contributed by atoms with Gasteiger partial charge in [-0.1, -0.05) is 32.9 Å². The van der Waals surface area contributed by atoms with Crippen LogP contribution in [0.3, 0.4) is 0 Å². The summed E-state index contributed by atoms with van der Waals surface area (Å²) in [6.45, 7) is 7.92. The Labute approximate surface area is 115 Å². The van der Waals surface area contributed by atoms with E-state index in [-0.39, 0.29) is 16.9 Å². The van der Waals surface area contributed by atoms with E-state index in [0.29, 0.717) is 0 Å². The van der Waals surface area contributed by atoms with Gasteiger partial charge in [0.15, 0.2) is 0 Å². The van der Waals surface area contributed by atoms with Crippen molar-refractivity contribution in [2.24, 2.45) is 0 Å². The monoisotopic (exact) mass is 285 g/mol. The van der Waals surface area contributed by atoms with E-state index in [9.17, 15) is 8.42 Å². The molecule has 0 aliphatic heterocycles. The van der Waals surface area contributed by atoms with Crippen LogP contribution in [0.5, 0.6) is 0 Å². The van der Waals surface area contributed by atoms with E-state index in [1.54, 1.807) is 12.1 Å². The fourth-order valence-electron chi connectivity index (χ4n) is 1.60. The van der Waals surface area contributed by atoms with Crippen molar-refractivity contribution in [3.63, 3.8) is 0 Å². The van der Waals surface area contributed by atoms with Crippen LogP contribution >= 0.6 is 0 Å². The molecule has 0 spiro atoms. The van der Waals surface area contributed by atoms with Crippen molar-refractivity contribution in [3.8, 4) is 0 Å². The summed E-state index contributed by atoms with van der Waals surface area (Å²) in [6, 6.07) is 6.91. The predicted molar refractivity (Wildman–Crippen MR) is 76.6 cm³/mol. The largest absolute Gasteiger partial charge is 0.392 e. The van der Waals surface area contributed by atoms with Gasteiger partial charge in [-0.15, -0.1) is 0 Å². The molecule has 0 amide bonds. The molecule has 0 heterocycles. The summed E-state index contributed by atoms with van der Waals surface area (Å²) in [5, 5.41) is 9.12. The summed E-state index contributed by atoms with van der Waals surface area (Å²) in [4.78, 5) is 0.226. The third-order valence-electron chi connectivity index (χ3n) is 3.40. The average molecular weight is 285 g/mol. The Morgan fingerprint density at radius 1 is 1.26 bits per heavy atom. The smallest absolute Gasteiger partial charge is 0.240 e. The van der Waals surface area contributed by atoms with Gasteiger partial charge in [0.25, 0.3) is 0 Å². The van der Waals surface area contributed by atoms with Crippen LogP contribution in [0.25, 0.3) is 0 Å². The fourth-order valence-corrected chi connectivity index (χ4v) is 2.72. The van der Waals surface area contributed by atoms with Gasteiger partial charge in [0, 0.05) is 6.54 Å². The van der Waals surface area contributed by atoms with Gasteiger partial charge >= 0.3 is 0 Å². The van der Waals surface area contributed by atoms with Crippen molar-refractivity contribution >= 4 is 10.0 Å². The first-order valence-electron chi connectivity index (χ1n) is 6.47. The third kappa shape index (κ3) is 4.30. The number of aliphatic hydroxyl groups excluding tert-OH is 1. The van der Waals surface area contributed by atoms with Crippen LogP contribution in [0.15, 0.2) is 29.2 Å². The molecule has 1 aromatic carbocycles. The average Bonchev–Trinajstić information content (AvgIpc) is 2.37. The summed E-state index contributed by atoms with van der Waals surface area (Å²) >= 11 is 0. The van der Waals surface area contributed by atoms with E-state index in [2.05, 4.69) is 25.5 Å². The second kappa shape index (κ2) is 6.03. The van der Waals surface area contributed by atoms with Crippen LogP contribution < -0.4 is 4.72 Å². The van der Waals surface area contributed by atoms with Gasteiger partial charge in [0.1, 0.15) is 0 Å². The first kappa shape index (κ1) is 16.1. The molecule has 1 rings (SSSR count). The molecule has 1 unspecified atom stereocenters. The van der Waals surface area contributed by atoms with E-state index in [0.717, 1.165) is 12.0 Å². The van der Waals surface area contributed by atoms with Crippen LogP contribution in [0.1, 0.15) is 39.7 Å². The van der Waals surface area contributed by atoms with Crippen molar-refractivity contribution in [2.75, 3.05) is 6.54 Å². The Kier molecular flexibility index (Phi) is 5.12. The highest BCUT2D eigenvalue weighted by atomic mass is 32.2. The molecule has 0 bridgehead atoms. The molecule has 0 aliphatic rings. The summed E-state index contributed by atoms with van der Waals surface area (Å²) in [5.41, 5.74) is 1.15. The lowest BCUT2D eigenvalue weighted by atomic mass is 9.82. The van der Waals surface area contributed by atoms with E-state index in [1.807, 2.05) is 12.1 Å². The molecule has 1 atom stereocenters. The molecule has 19 heavy (non-hydrogen) atoms. The van der Waals surface area contributed by atoms with E-state index in [4.69, 9.17) is 5.11 Å². The Hall–Kier alpha value is -0.910. The fraction of sp³-hybridized carbons (Fsp3) is 0.571. The van der Waals surface area contributed by atoms with Crippen LogP contribution in [0.2, 0.25) is 0 Å². The standard InChI is InChI=1S/C14H23NO3S/c1-5-14(3,4)12-6-8-13(9-7-12)19(17,18)15-10-11(2)16/h6-9,11,15-16H,5,10H2,1-4H3. The molecule has 1 aromatic rings. The van der Waals surface area contributed by atoms with Crippen LogP contribution in [0, 0.1) is 0 Å². The summed E-state index contributed by atoms with van der Waals surface area (Å²) < 4.78 is 26.3. The van der Waals surface area contributed by atoms with Gasteiger partial charge < -0.3 is 5.11 Å². The molecular weight excluding hydrogens is 262 g/mol. The first-order chi connectivity index (χ1) is 8.69. The first-order valence-corrected chi connectivity index (χ1v) is 7.95. The molecule has 0 aromatic heterocycles. The number of hydrogen-bond acceptors (Lipinski definition) is 3. The third-order valence-corrected chi connectivity index (χ3v) is 4.84.